The van der Waals surface area contributed by atoms with Crippen LogP contribution < -0.4 is 5.32 Å². The van der Waals surface area contributed by atoms with E-state index in [4.69, 9.17) is 4.74 Å². The van der Waals surface area contributed by atoms with Gasteiger partial charge in [-0.3, -0.25) is 0 Å². The second-order valence-electron chi connectivity index (χ2n) is 7.53. The number of rotatable bonds is 4. The van der Waals surface area contributed by atoms with Crippen LogP contribution in [-0.2, 0) is 23.5 Å². The Bertz CT molecular complexity index is 803. The fourth-order valence-electron chi connectivity index (χ4n) is 4.05. The van der Waals surface area contributed by atoms with Crippen molar-refractivity contribution in [3.05, 3.63) is 53.6 Å². The van der Waals surface area contributed by atoms with E-state index >= 15 is 0 Å². The van der Waals surface area contributed by atoms with E-state index < -0.39 is 0 Å². The molecule has 6 nitrogen and oxygen atoms in total. The van der Waals surface area contributed by atoms with Crippen LogP contribution in [0.3, 0.4) is 0 Å². The summed E-state index contributed by atoms with van der Waals surface area (Å²) in [5, 5.41) is 3.08. The van der Waals surface area contributed by atoms with E-state index in [1.54, 1.807) is 0 Å². The Morgan fingerprint density at radius 3 is 3.08 bits per heavy atom. The van der Waals surface area contributed by atoms with Crippen molar-refractivity contribution in [1.82, 2.24) is 19.8 Å². The van der Waals surface area contributed by atoms with Gasteiger partial charge >= 0.3 is 6.03 Å². The summed E-state index contributed by atoms with van der Waals surface area (Å²) >= 11 is 0. The number of hydrogen-bond donors (Lipinski definition) is 1. The predicted molar refractivity (Wildman–Crippen MR) is 98.6 cm³/mol. The van der Waals surface area contributed by atoms with Crippen molar-refractivity contribution in [2.24, 2.45) is 5.92 Å². The Morgan fingerprint density at radius 1 is 1.42 bits per heavy atom. The van der Waals surface area contributed by atoms with Crippen molar-refractivity contribution >= 4 is 6.03 Å². The maximum Gasteiger partial charge on any atom is 0.317 e. The van der Waals surface area contributed by atoms with E-state index in [9.17, 15) is 4.79 Å². The van der Waals surface area contributed by atoms with Gasteiger partial charge in [0.2, 0.25) is 0 Å². The van der Waals surface area contributed by atoms with Gasteiger partial charge in [0, 0.05) is 38.4 Å². The van der Waals surface area contributed by atoms with Gasteiger partial charge in [-0.25, -0.2) is 9.78 Å². The number of likely N-dealkylation sites (tertiary alicyclic amines) is 1. The van der Waals surface area contributed by atoms with Crippen molar-refractivity contribution in [1.29, 1.82) is 0 Å². The highest BCUT2D eigenvalue weighted by Gasteiger charge is 2.46. The topological polar surface area (TPSA) is 59.4 Å². The van der Waals surface area contributed by atoms with Crippen LogP contribution in [0, 0.1) is 12.8 Å². The lowest BCUT2D eigenvalue weighted by molar-refractivity contribution is -0.0272. The normalized spacial score (nSPS) is 22.6. The standard InChI is InChI=1S/C20H26N4O2/c1-15(12-23-10-8-21-16(23)2)11-22-19(25)24-9-7-20(14-24)18-6-4-3-5-17(18)13-26-20/h3-6,8,10,15H,7,9,11-14H2,1-2H3,(H,22,25). The fraction of sp³-hybridized carbons (Fsp3) is 0.500. The van der Waals surface area contributed by atoms with Gasteiger partial charge in [0.25, 0.3) is 0 Å². The molecule has 2 amide bonds. The minimum absolute atomic E-state index is 0.00376. The lowest BCUT2D eigenvalue weighted by Gasteiger charge is -2.25. The number of nitrogens with one attached hydrogen (secondary N) is 1. The van der Waals surface area contributed by atoms with E-state index in [2.05, 4.69) is 40.0 Å². The molecule has 2 unspecified atom stereocenters. The maximum absolute atomic E-state index is 12.6. The summed E-state index contributed by atoms with van der Waals surface area (Å²) in [6.45, 7) is 7.65. The molecular weight excluding hydrogens is 328 g/mol. The van der Waals surface area contributed by atoms with Gasteiger partial charge in [0.05, 0.1) is 13.2 Å². The monoisotopic (exact) mass is 354 g/mol. The predicted octanol–water partition coefficient (Wildman–Crippen LogP) is 2.67. The molecule has 2 atom stereocenters. The summed E-state index contributed by atoms with van der Waals surface area (Å²) in [7, 11) is 0. The van der Waals surface area contributed by atoms with E-state index in [0.29, 0.717) is 25.6 Å². The SMILES string of the molecule is Cc1nccn1CC(C)CNC(=O)N1CCC2(C1)OCc1ccccc12. The average Bonchev–Trinajstić information content (AvgIpc) is 3.35. The van der Waals surface area contributed by atoms with Crippen LogP contribution in [0.1, 0.15) is 30.3 Å². The van der Waals surface area contributed by atoms with Crippen LogP contribution in [0.5, 0.6) is 0 Å². The summed E-state index contributed by atoms with van der Waals surface area (Å²) in [5.41, 5.74) is 2.19. The zero-order valence-corrected chi connectivity index (χ0v) is 15.4. The van der Waals surface area contributed by atoms with Crippen LogP contribution in [-0.4, -0.2) is 40.1 Å². The Balaban J connectivity index is 1.32. The molecule has 1 spiro atoms. The first-order valence-electron chi connectivity index (χ1n) is 9.30. The number of amides is 2. The third-order valence-electron chi connectivity index (χ3n) is 5.56. The largest absolute Gasteiger partial charge is 0.364 e. The molecule has 3 heterocycles. The van der Waals surface area contributed by atoms with Gasteiger partial charge in [-0.2, -0.15) is 0 Å². The van der Waals surface area contributed by atoms with E-state index in [0.717, 1.165) is 25.3 Å². The zero-order valence-electron chi connectivity index (χ0n) is 15.4. The first kappa shape index (κ1) is 17.1. The van der Waals surface area contributed by atoms with Crippen LogP contribution in [0.15, 0.2) is 36.7 Å². The lowest BCUT2D eigenvalue weighted by Crippen LogP contribution is -2.42. The van der Waals surface area contributed by atoms with Crippen molar-refractivity contribution in [2.75, 3.05) is 19.6 Å². The number of nitrogens with zero attached hydrogens (tertiary/aromatic N) is 3. The van der Waals surface area contributed by atoms with Crippen LogP contribution in [0.25, 0.3) is 0 Å². The number of fused-ring (bicyclic) bond motifs is 2. The van der Waals surface area contributed by atoms with Crippen molar-refractivity contribution < 1.29 is 9.53 Å². The van der Waals surface area contributed by atoms with E-state index in [1.807, 2.05) is 30.3 Å². The minimum atomic E-state index is -0.312. The van der Waals surface area contributed by atoms with Gasteiger partial charge in [0.15, 0.2) is 0 Å². The fourth-order valence-corrected chi connectivity index (χ4v) is 4.05. The first-order chi connectivity index (χ1) is 12.6. The molecule has 6 heteroatoms. The molecular formula is C20H26N4O2. The molecule has 1 aromatic heterocycles. The van der Waals surface area contributed by atoms with Crippen molar-refractivity contribution in [3.8, 4) is 0 Å². The highest BCUT2D eigenvalue weighted by molar-refractivity contribution is 5.74. The Kier molecular flexibility index (Phi) is 4.44. The number of aromatic nitrogens is 2. The van der Waals surface area contributed by atoms with Gasteiger partial charge < -0.3 is 19.5 Å². The molecule has 0 bridgehead atoms. The number of ether oxygens (including phenoxy) is 1. The molecule has 1 saturated heterocycles. The zero-order chi connectivity index (χ0) is 18.1. The van der Waals surface area contributed by atoms with Gasteiger partial charge in [-0.1, -0.05) is 31.2 Å². The number of benzene rings is 1. The highest BCUT2D eigenvalue weighted by atomic mass is 16.5. The smallest absolute Gasteiger partial charge is 0.317 e. The number of aryl methyl sites for hydroxylation is 1. The van der Waals surface area contributed by atoms with Gasteiger partial charge in [-0.15, -0.1) is 0 Å². The van der Waals surface area contributed by atoms with Crippen LogP contribution >= 0.6 is 0 Å². The Morgan fingerprint density at radius 2 is 2.27 bits per heavy atom. The highest BCUT2D eigenvalue weighted by Crippen LogP contribution is 2.43. The number of hydrogen-bond acceptors (Lipinski definition) is 3. The average molecular weight is 354 g/mol. The third kappa shape index (κ3) is 3.09. The summed E-state index contributed by atoms with van der Waals surface area (Å²) < 4.78 is 8.25. The third-order valence-corrected chi connectivity index (χ3v) is 5.56. The molecule has 1 fully saturated rings. The first-order valence-corrected chi connectivity index (χ1v) is 9.30. The van der Waals surface area contributed by atoms with Crippen molar-refractivity contribution in [2.45, 2.75) is 39.0 Å². The molecule has 138 valence electrons. The summed E-state index contributed by atoms with van der Waals surface area (Å²) in [6, 6.07) is 8.36. The lowest BCUT2D eigenvalue weighted by atomic mass is 9.92. The van der Waals surface area contributed by atoms with Crippen LogP contribution in [0.2, 0.25) is 0 Å². The number of imidazole rings is 1. The molecule has 0 aliphatic carbocycles. The Hall–Kier alpha value is -2.34. The molecule has 2 aliphatic rings. The molecule has 2 aromatic rings. The quantitative estimate of drug-likeness (QED) is 0.918. The van der Waals surface area contributed by atoms with Gasteiger partial charge in [-0.05, 0) is 24.0 Å². The number of carbonyl (C=O) groups is 1. The van der Waals surface area contributed by atoms with Crippen LogP contribution in [0.4, 0.5) is 4.79 Å². The number of carbonyl (C=O) groups excluding carboxylic acids is 1. The molecule has 1 N–H and O–H groups in total. The van der Waals surface area contributed by atoms with E-state index in [1.165, 1.54) is 11.1 Å². The second kappa shape index (κ2) is 6.76. The summed E-state index contributed by atoms with van der Waals surface area (Å²) in [5.74, 6) is 1.34. The number of urea groups is 1. The molecule has 26 heavy (non-hydrogen) atoms. The molecule has 2 aliphatic heterocycles. The molecule has 0 saturated carbocycles. The molecule has 1 aromatic carbocycles. The second-order valence-corrected chi connectivity index (χ2v) is 7.53. The molecule has 4 rings (SSSR count). The summed E-state index contributed by atoms with van der Waals surface area (Å²) in [4.78, 5) is 18.7. The van der Waals surface area contributed by atoms with Gasteiger partial charge in [0.1, 0.15) is 11.4 Å². The van der Waals surface area contributed by atoms with Crippen molar-refractivity contribution in [3.63, 3.8) is 0 Å². The molecule has 0 radical (unpaired) electrons. The maximum atomic E-state index is 12.6. The minimum Gasteiger partial charge on any atom is -0.364 e. The van der Waals surface area contributed by atoms with E-state index in [-0.39, 0.29) is 11.6 Å². The Labute approximate surface area is 154 Å². The summed E-state index contributed by atoms with van der Waals surface area (Å²) in [6.07, 6.45) is 4.65.